The lowest BCUT2D eigenvalue weighted by Gasteiger charge is -2.25. The second-order valence-electron chi connectivity index (χ2n) is 5.75. The van der Waals surface area contributed by atoms with E-state index >= 15 is 0 Å². The lowest BCUT2D eigenvalue weighted by molar-refractivity contribution is 0.122. The van der Waals surface area contributed by atoms with E-state index in [2.05, 4.69) is 41.0 Å². The molecular weight excluding hydrogens is 360 g/mol. The van der Waals surface area contributed by atoms with Gasteiger partial charge in [0.05, 0.1) is 26.4 Å². The molecule has 140 valence electrons. The highest BCUT2D eigenvalue weighted by Gasteiger charge is 2.17. The van der Waals surface area contributed by atoms with Crippen LogP contribution >= 0.6 is 12.2 Å². The molecule has 0 aliphatic carbocycles. The Labute approximate surface area is 154 Å². The quantitative estimate of drug-likeness (QED) is 0.507. The zero-order valence-corrected chi connectivity index (χ0v) is 14.9. The monoisotopic (exact) mass is 380 g/mol. The molecule has 2 fully saturated rings. The maximum Gasteiger partial charge on any atom is 0.246 e. The fourth-order valence-electron chi connectivity index (χ4n) is 2.67. The van der Waals surface area contributed by atoms with Crippen LogP contribution in [-0.2, 0) is 9.47 Å². The topological polar surface area (TPSA) is 132 Å². The Bertz CT molecular complexity index is 677. The van der Waals surface area contributed by atoms with Crippen molar-refractivity contribution in [2.45, 2.75) is 0 Å². The second-order valence-corrected chi connectivity index (χ2v) is 6.15. The van der Waals surface area contributed by atoms with E-state index < -0.39 is 0 Å². The number of nitrogens with zero attached hydrogens (tertiary/aromatic N) is 6. The van der Waals surface area contributed by atoms with E-state index in [4.69, 9.17) is 21.7 Å². The van der Waals surface area contributed by atoms with Crippen LogP contribution < -0.4 is 20.4 Å². The molecule has 0 saturated carbocycles. The molecule has 0 amide bonds. The molecule has 4 N–H and O–H groups in total. The highest BCUT2D eigenvalue weighted by atomic mass is 32.1. The van der Waals surface area contributed by atoms with Crippen LogP contribution in [0.2, 0.25) is 0 Å². The van der Waals surface area contributed by atoms with Gasteiger partial charge in [-0.25, -0.2) is 10.2 Å². The first-order valence-electron chi connectivity index (χ1n) is 8.36. The number of thiocarbonyl (C=S) groups is 1. The fraction of sp³-hybridized carbons (Fsp3) is 0.615. The highest BCUT2D eigenvalue weighted by molar-refractivity contribution is 7.80. The Morgan fingerprint density at radius 3 is 1.65 bits per heavy atom. The molecule has 0 bridgehead atoms. The number of ether oxygens (including phenoxy) is 2. The molecule has 2 aliphatic heterocycles. The summed E-state index contributed by atoms with van der Waals surface area (Å²) in [7, 11) is 0. The number of hydrogen-bond acceptors (Lipinski definition) is 9. The van der Waals surface area contributed by atoms with Crippen LogP contribution in [0.3, 0.4) is 0 Å². The van der Waals surface area contributed by atoms with Gasteiger partial charge < -0.3 is 29.9 Å². The Hall–Kier alpha value is -2.51. The van der Waals surface area contributed by atoms with E-state index in [1.165, 1.54) is 0 Å². The van der Waals surface area contributed by atoms with Gasteiger partial charge in [-0.3, -0.25) is 0 Å². The average molecular weight is 380 g/mol. The molecule has 4 heterocycles. The van der Waals surface area contributed by atoms with Gasteiger partial charge in [-0.2, -0.15) is 9.97 Å². The van der Waals surface area contributed by atoms with Crippen LogP contribution in [0.25, 0.3) is 0 Å². The van der Waals surface area contributed by atoms with E-state index in [-0.39, 0.29) is 0 Å². The molecule has 2 saturated heterocycles. The summed E-state index contributed by atoms with van der Waals surface area (Å²) in [6, 6.07) is 0. The lowest BCUT2D eigenvalue weighted by Crippen LogP contribution is -2.37. The van der Waals surface area contributed by atoms with Gasteiger partial charge in [0.15, 0.2) is 5.11 Å². The van der Waals surface area contributed by atoms with Gasteiger partial charge in [-0.1, -0.05) is 0 Å². The number of hydrogen-bond donors (Lipinski definition) is 4. The van der Waals surface area contributed by atoms with Crippen LogP contribution in [-0.4, -0.2) is 88.1 Å². The van der Waals surface area contributed by atoms with Crippen molar-refractivity contribution < 1.29 is 9.47 Å². The van der Waals surface area contributed by atoms with Crippen LogP contribution in [0.15, 0.2) is 0 Å². The lowest BCUT2D eigenvalue weighted by atomic mass is 10.4. The van der Waals surface area contributed by atoms with Crippen molar-refractivity contribution in [1.82, 2.24) is 30.4 Å². The third kappa shape index (κ3) is 4.00. The number of aromatic nitrogens is 6. The Morgan fingerprint density at radius 2 is 1.23 bits per heavy atom. The smallest absolute Gasteiger partial charge is 0.246 e. The van der Waals surface area contributed by atoms with E-state index in [9.17, 15) is 0 Å². The van der Waals surface area contributed by atoms with Gasteiger partial charge in [-0.15, -0.1) is 10.2 Å². The third-order valence-corrected chi connectivity index (χ3v) is 4.20. The number of anilines is 4. The minimum Gasteiger partial charge on any atom is -0.378 e. The van der Waals surface area contributed by atoms with Gasteiger partial charge in [0, 0.05) is 26.2 Å². The van der Waals surface area contributed by atoms with Gasteiger partial charge in [-0.05, 0) is 12.2 Å². The van der Waals surface area contributed by atoms with Crippen molar-refractivity contribution in [1.29, 1.82) is 0 Å². The van der Waals surface area contributed by atoms with Crippen LogP contribution in [0.5, 0.6) is 0 Å². The van der Waals surface area contributed by atoms with Crippen molar-refractivity contribution in [2.75, 3.05) is 73.0 Å². The maximum absolute atomic E-state index is 5.32. The number of aromatic amines is 2. The first kappa shape index (κ1) is 16.9. The van der Waals surface area contributed by atoms with E-state index in [0.29, 0.717) is 55.3 Å². The van der Waals surface area contributed by atoms with Crippen molar-refractivity contribution >= 4 is 41.1 Å². The second kappa shape index (κ2) is 7.80. The predicted molar refractivity (Wildman–Crippen MR) is 98.7 cm³/mol. The van der Waals surface area contributed by atoms with Crippen LogP contribution in [0.1, 0.15) is 0 Å². The van der Waals surface area contributed by atoms with Crippen LogP contribution in [0.4, 0.5) is 23.8 Å². The maximum atomic E-state index is 5.32. The molecule has 2 aliphatic rings. The van der Waals surface area contributed by atoms with Gasteiger partial charge in [0.25, 0.3) is 0 Å². The first-order chi connectivity index (χ1) is 12.8. The number of nitrogens with one attached hydrogen (secondary N) is 4. The van der Waals surface area contributed by atoms with Gasteiger partial charge >= 0.3 is 0 Å². The molecule has 0 unspecified atom stereocenters. The number of H-pyrrole nitrogens is 2. The predicted octanol–water partition coefficient (Wildman–Crippen LogP) is -0.595. The number of morpholine rings is 2. The molecule has 4 rings (SSSR count). The van der Waals surface area contributed by atoms with Crippen molar-refractivity contribution in [3.05, 3.63) is 0 Å². The van der Waals surface area contributed by atoms with Crippen molar-refractivity contribution in [3.63, 3.8) is 0 Å². The molecule has 0 aromatic carbocycles. The molecule has 2 aromatic rings. The minimum atomic E-state index is 0.333. The zero-order chi connectivity index (χ0) is 17.8. The molecule has 2 aromatic heterocycles. The largest absolute Gasteiger partial charge is 0.378 e. The SMILES string of the molecule is S=C(Nc1nc(N2CCOCC2)n[nH]1)Nc1nc(N2CCOCC2)n[nH]1. The summed E-state index contributed by atoms with van der Waals surface area (Å²) >= 11 is 5.28. The minimum absolute atomic E-state index is 0.333. The Balaban J connectivity index is 1.31. The summed E-state index contributed by atoms with van der Waals surface area (Å²) in [5, 5.41) is 20.3. The zero-order valence-electron chi connectivity index (χ0n) is 14.1. The molecule has 0 atom stereocenters. The molecule has 26 heavy (non-hydrogen) atoms. The van der Waals surface area contributed by atoms with Crippen molar-refractivity contribution in [2.24, 2.45) is 0 Å². The molecule has 12 nitrogen and oxygen atoms in total. The summed E-state index contributed by atoms with van der Waals surface area (Å²) < 4.78 is 10.6. The van der Waals surface area contributed by atoms with E-state index in [1.807, 2.05) is 9.80 Å². The summed E-state index contributed by atoms with van der Waals surface area (Å²) in [5.74, 6) is 2.15. The Morgan fingerprint density at radius 1 is 0.808 bits per heavy atom. The molecule has 0 radical (unpaired) electrons. The third-order valence-electron chi connectivity index (χ3n) is 4.00. The fourth-order valence-corrected chi connectivity index (χ4v) is 2.87. The van der Waals surface area contributed by atoms with Crippen LogP contribution in [0, 0.1) is 0 Å². The Kier molecular flexibility index (Phi) is 5.08. The van der Waals surface area contributed by atoms with E-state index in [1.54, 1.807) is 0 Å². The standard InChI is InChI=1S/C13H20N10O2S/c26-13(16-9-14-11(20-18-9)22-1-5-24-6-2-22)17-10-15-12(21-19-10)23-3-7-25-8-4-23/h1-8H2,(H4,14,15,16,17,18,19,20,21,26). The average Bonchev–Trinajstić information content (AvgIpc) is 3.33. The summed E-state index contributed by atoms with van der Waals surface area (Å²) in [6.07, 6.45) is 0. The first-order valence-corrected chi connectivity index (χ1v) is 8.77. The molecule has 13 heteroatoms. The molecule has 0 spiro atoms. The summed E-state index contributed by atoms with van der Waals surface area (Å²) in [4.78, 5) is 12.9. The van der Waals surface area contributed by atoms with Crippen molar-refractivity contribution in [3.8, 4) is 0 Å². The van der Waals surface area contributed by atoms with E-state index in [0.717, 1.165) is 26.2 Å². The summed E-state index contributed by atoms with van der Waals surface area (Å²) in [6.45, 7) is 5.76. The van der Waals surface area contributed by atoms with Gasteiger partial charge in [0.2, 0.25) is 23.8 Å². The highest BCUT2D eigenvalue weighted by Crippen LogP contribution is 2.13. The van der Waals surface area contributed by atoms with Gasteiger partial charge in [0.1, 0.15) is 0 Å². The summed E-state index contributed by atoms with van der Waals surface area (Å²) in [5.41, 5.74) is 0. The normalized spacial score (nSPS) is 18.0. The molecular formula is C13H20N10O2S. The number of rotatable bonds is 4.